The van der Waals surface area contributed by atoms with Crippen LogP contribution < -0.4 is 0 Å². The Morgan fingerprint density at radius 1 is 1.18 bits per heavy atom. The summed E-state index contributed by atoms with van der Waals surface area (Å²) < 4.78 is 23.3. The van der Waals surface area contributed by atoms with Gasteiger partial charge in [-0.2, -0.15) is 0 Å². The molecular formula is C12H16O4S. The maximum Gasteiger partial charge on any atom is 0.304 e. The zero-order chi connectivity index (χ0) is 13.1. The molecule has 94 valence electrons. The summed E-state index contributed by atoms with van der Waals surface area (Å²) in [5.74, 6) is -1.49. The first-order valence-corrected chi connectivity index (χ1v) is 7.10. The Labute approximate surface area is 101 Å². The van der Waals surface area contributed by atoms with Crippen molar-refractivity contribution in [3.05, 3.63) is 34.9 Å². The smallest absolute Gasteiger partial charge is 0.304 e. The average molecular weight is 256 g/mol. The maximum atomic E-state index is 11.7. The van der Waals surface area contributed by atoms with Crippen molar-refractivity contribution in [3.8, 4) is 0 Å². The Morgan fingerprint density at radius 3 is 2.18 bits per heavy atom. The molecule has 0 saturated carbocycles. The minimum atomic E-state index is -3.34. The summed E-state index contributed by atoms with van der Waals surface area (Å²) in [5.41, 5.74) is 2.73. The zero-order valence-corrected chi connectivity index (χ0v) is 10.8. The molecule has 0 aromatic heterocycles. The summed E-state index contributed by atoms with van der Waals surface area (Å²) in [6.45, 7) is 3.81. The lowest BCUT2D eigenvalue weighted by molar-refractivity contribution is -0.136. The third kappa shape index (κ3) is 4.99. The lowest BCUT2D eigenvalue weighted by Crippen LogP contribution is -2.13. The van der Waals surface area contributed by atoms with Crippen LogP contribution in [0.2, 0.25) is 0 Å². The monoisotopic (exact) mass is 256 g/mol. The van der Waals surface area contributed by atoms with Crippen molar-refractivity contribution < 1.29 is 18.3 Å². The lowest BCUT2D eigenvalue weighted by atomic mass is 10.1. The molecule has 17 heavy (non-hydrogen) atoms. The number of carboxylic acids is 1. The molecule has 5 heteroatoms. The second-order valence-corrected chi connectivity index (χ2v) is 6.42. The molecule has 0 amide bonds. The van der Waals surface area contributed by atoms with Crippen LogP contribution in [0.5, 0.6) is 0 Å². The molecule has 0 saturated heterocycles. The van der Waals surface area contributed by atoms with E-state index in [4.69, 9.17) is 5.11 Å². The second kappa shape index (κ2) is 5.31. The standard InChI is InChI=1S/C12H16O4S/c1-9-5-10(2)7-11(6-9)8-17(15,16)4-3-12(13)14/h5-7H,3-4,8H2,1-2H3,(H,13,14). The van der Waals surface area contributed by atoms with Crippen LogP contribution in [0, 0.1) is 13.8 Å². The summed E-state index contributed by atoms with van der Waals surface area (Å²) in [7, 11) is -3.34. The van der Waals surface area contributed by atoms with E-state index in [1.54, 1.807) is 0 Å². The Morgan fingerprint density at radius 2 is 1.71 bits per heavy atom. The minimum Gasteiger partial charge on any atom is -0.481 e. The van der Waals surface area contributed by atoms with E-state index >= 15 is 0 Å². The highest BCUT2D eigenvalue weighted by Gasteiger charge is 2.14. The molecule has 1 aromatic rings. The predicted octanol–water partition coefficient (Wildman–Crippen LogP) is 1.69. The van der Waals surface area contributed by atoms with Gasteiger partial charge in [-0.25, -0.2) is 8.42 Å². The zero-order valence-electron chi connectivity index (χ0n) is 9.93. The second-order valence-electron chi connectivity index (χ2n) is 4.23. The van der Waals surface area contributed by atoms with Crippen molar-refractivity contribution in [1.82, 2.24) is 0 Å². The number of rotatable bonds is 5. The summed E-state index contributed by atoms with van der Waals surface area (Å²) in [6.07, 6.45) is -0.340. The first kappa shape index (κ1) is 13.7. The van der Waals surface area contributed by atoms with Crippen molar-refractivity contribution in [2.24, 2.45) is 0 Å². The summed E-state index contributed by atoms with van der Waals surface area (Å²) in [5, 5.41) is 8.47. The van der Waals surface area contributed by atoms with Gasteiger partial charge in [0.25, 0.3) is 0 Å². The van der Waals surface area contributed by atoms with Crippen LogP contribution in [0.1, 0.15) is 23.1 Å². The summed E-state index contributed by atoms with van der Waals surface area (Å²) in [6, 6.07) is 5.59. The molecule has 0 aliphatic heterocycles. The van der Waals surface area contributed by atoms with Gasteiger partial charge in [0.1, 0.15) is 0 Å². The molecule has 0 radical (unpaired) electrons. The molecule has 4 nitrogen and oxygen atoms in total. The third-order valence-corrected chi connectivity index (χ3v) is 3.89. The van der Waals surface area contributed by atoms with Gasteiger partial charge in [-0.05, 0) is 19.4 Å². The molecule has 1 N–H and O–H groups in total. The SMILES string of the molecule is Cc1cc(C)cc(CS(=O)(=O)CCC(=O)O)c1. The molecule has 0 aliphatic carbocycles. The molecule has 1 aromatic carbocycles. The van der Waals surface area contributed by atoms with E-state index in [0.717, 1.165) is 11.1 Å². The number of carbonyl (C=O) groups is 1. The number of hydrogen-bond acceptors (Lipinski definition) is 3. The van der Waals surface area contributed by atoms with E-state index in [1.165, 1.54) is 0 Å². The molecule has 0 spiro atoms. The van der Waals surface area contributed by atoms with Crippen LogP contribution in [0.15, 0.2) is 18.2 Å². The third-order valence-electron chi connectivity index (χ3n) is 2.29. The number of sulfone groups is 1. The lowest BCUT2D eigenvalue weighted by Gasteiger charge is -2.05. The van der Waals surface area contributed by atoms with Gasteiger partial charge in [-0.15, -0.1) is 0 Å². The fourth-order valence-corrected chi connectivity index (χ4v) is 3.03. The molecule has 1 rings (SSSR count). The van der Waals surface area contributed by atoms with Gasteiger partial charge < -0.3 is 5.11 Å². The topological polar surface area (TPSA) is 71.4 Å². The molecule has 0 fully saturated rings. The van der Waals surface area contributed by atoms with Gasteiger partial charge >= 0.3 is 5.97 Å². The van der Waals surface area contributed by atoms with Crippen molar-refractivity contribution >= 4 is 15.8 Å². The van der Waals surface area contributed by atoms with Crippen molar-refractivity contribution in [3.63, 3.8) is 0 Å². The van der Waals surface area contributed by atoms with Crippen molar-refractivity contribution in [1.29, 1.82) is 0 Å². The highest BCUT2D eigenvalue weighted by molar-refractivity contribution is 7.90. The number of carboxylic acid groups (broad SMARTS) is 1. The van der Waals surface area contributed by atoms with Gasteiger partial charge in [0.2, 0.25) is 0 Å². The maximum absolute atomic E-state index is 11.7. The van der Waals surface area contributed by atoms with Gasteiger partial charge in [-0.3, -0.25) is 4.79 Å². The first-order chi connectivity index (χ1) is 7.78. The van der Waals surface area contributed by atoms with Crippen LogP contribution in [-0.4, -0.2) is 25.2 Å². The fraction of sp³-hybridized carbons (Fsp3) is 0.417. The first-order valence-electron chi connectivity index (χ1n) is 5.28. The van der Waals surface area contributed by atoms with Crippen molar-refractivity contribution in [2.75, 3.05) is 5.75 Å². The van der Waals surface area contributed by atoms with Gasteiger partial charge in [0.15, 0.2) is 9.84 Å². The Hall–Kier alpha value is -1.36. The number of benzene rings is 1. The number of hydrogen-bond donors (Lipinski definition) is 1. The Balaban J connectivity index is 2.79. The number of aliphatic carboxylic acids is 1. The number of aryl methyl sites for hydroxylation is 2. The summed E-state index contributed by atoms with van der Waals surface area (Å²) >= 11 is 0. The van der Waals surface area contributed by atoms with Crippen LogP contribution in [0.3, 0.4) is 0 Å². The molecule has 0 heterocycles. The predicted molar refractivity (Wildman–Crippen MR) is 65.7 cm³/mol. The van der Waals surface area contributed by atoms with Crippen LogP contribution in [-0.2, 0) is 20.4 Å². The molecule has 0 unspecified atom stereocenters. The van der Waals surface area contributed by atoms with Gasteiger partial charge in [0, 0.05) is 0 Å². The Kier molecular flexibility index (Phi) is 4.28. The molecule has 0 bridgehead atoms. The summed E-state index contributed by atoms with van der Waals surface area (Å²) in [4.78, 5) is 10.3. The van der Waals surface area contributed by atoms with Crippen LogP contribution >= 0.6 is 0 Å². The average Bonchev–Trinajstić information content (AvgIpc) is 2.12. The van der Waals surface area contributed by atoms with Crippen LogP contribution in [0.4, 0.5) is 0 Å². The Bertz CT molecular complexity index is 497. The minimum absolute atomic E-state index is 0.0944. The van der Waals surface area contributed by atoms with E-state index < -0.39 is 15.8 Å². The molecule has 0 aliphatic rings. The fourth-order valence-electron chi connectivity index (χ4n) is 1.72. The largest absolute Gasteiger partial charge is 0.481 e. The van der Waals surface area contributed by atoms with E-state index in [-0.39, 0.29) is 17.9 Å². The highest BCUT2D eigenvalue weighted by Crippen LogP contribution is 2.13. The normalized spacial score (nSPS) is 11.4. The van der Waals surface area contributed by atoms with Crippen molar-refractivity contribution in [2.45, 2.75) is 26.0 Å². The quantitative estimate of drug-likeness (QED) is 0.870. The van der Waals surface area contributed by atoms with Gasteiger partial charge in [-0.1, -0.05) is 29.3 Å². The van der Waals surface area contributed by atoms with E-state index in [9.17, 15) is 13.2 Å². The molecule has 0 atom stereocenters. The van der Waals surface area contributed by atoms with E-state index in [2.05, 4.69) is 0 Å². The van der Waals surface area contributed by atoms with E-state index in [0.29, 0.717) is 5.56 Å². The molecular weight excluding hydrogens is 240 g/mol. The van der Waals surface area contributed by atoms with E-state index in [1.807, 2.05) is 32.0 Å². The highest BCUT2D eigenvalue weighted by atomic mass is 32.2. The van der Waals surface area contributed by atoms with Crippen LogP contribution in [0.25, 0.3) is 0 Å². The van der Waals surface area contributed by atoms with Gasteiger partial charge in [0.05, 0.1) is 17.9 Å².